The lowest BCUT2D eigenvalue weighted by molar-refractivity contribution is -0.129. The number of aromatic hydroxyl groups is 2. The third-order valence-corrected chi connectivity index (χ3v) is 5.08. The quantitative estimate of drug-likeness (QED) is 0.327. The molecule has 0 aliphatic rings. The van der Waals surface area contributed by atoms with Crippen molar-refractivity contribution in [2.75, 3.05) is 0 Å². The zero-order chi connectivity index (χ0) is 24.5. The minimum atomic E-state index is -1.23. The molecule has 34 heavy (non-hydrogen) atoms. The molecule has 0 saturated heterocycles. The van der Waals surface area contributed by atoms with Crippen molar-refractivity contribution in [3.63, 3.8) is 0 Å². The number of hydrogen-bond donors (Lipinski definition) is 3. The van der Waals surface area contributed by atoms with E-state index in [4.69, 9.17) is 0 Å². The summed E-state index contributed by atoms with van der Waals surface area (Å²) in [6, 6.07) is 20.7. The molecule has 0 fully saturated rings. The Balaban J connectivity index is 1.98. The van der Waals surface area contributed by atoms with E-state index in [0.717, 1.165) is 0 Å². The van der Waals surface area contributed by atoms with Crippen LogP contribution in [-0.4, -0.2) is 27.7 Å². The van der Waals surface area contributed by atoms with E-state index in [-0.39, 0.29) is 17.4 Å². The lowest BCUT2D eigenvalue weighted by atomic mass is 9.85. The highest BCUT2D eigenvalue weighted by molar-refractivity contribution is 6.14. The zero-order valence-electron chi connectivity index (χ0n) is 18.6. The van der Waals surface area contributed by atoms with Gasteiger partial charge in [-0.3, -0.25) is 14.4 Å². The minimum Gasteiger partial charge on any atom is -0.508 e. The fraction of sp³-hybridized carbons (Fsp3) is 0.107. The van der Waals surface area contributed by atoms with E-state index in [2.05, 4.69) is 5.32 Å². The smallest absolute Gasteiger partial charge is 0.217 e. The Morgan fingerprint density at radius 3 is 1.68 bits per heavy atom. The Morgan fingerprint density at radius 1 is 0.735 bits per heavy atom. The van der Waals surface area contributed by atoms with Crippen molar-refractivity contribution in [3.8, 4) is 11.5 Å². The summed E-state index contributed by atoms with van der Waals surface area (Å²) in [6.07, 6.45) is 5.57. The highest BCUT2D eigenvalue weighted by atomic mass is 16.3. The molecule has 0 saturated carbocycles. The zero-order valence-corrected chi connectivity index (χ0v) is 18.6. The maximum atomic E-state index is 13.3. The summed E-state index contributed by atoms with van der Waals surface area (Å²) >= 11 is 0. The molecule has 3 rings (SSSR count). The number of amides is 1. The lowest BCUT2D eigenvalue weighted by Gasteiger charge is -2.24. The van der Waals surface area contributed by atoms with E-state index < -0.39 is 23.5 Å². The normalized spacial score (nSPS) is 12.2. The first kappa shape index (κ1) is 24.2. The summed E-state index contributed by atoms with van der Waals surface area (Å²) in [5.41, 5.74) is 1.79. The van der Waals surface area contributed by atoms with Crippen molar-refractivity contribution in [2.45, 2.75) is 13.0 Å². The van der Waals surface area contributed by atoms with Gasteiger partial charge in [0.2, 0.25) is 5.91 Å². The van der Waals surface area contributed by atoms with Gasteiger partial charge in [0.25, 0.3) is 0 Å². The Hall–Kier alpha value is -4.45. The number of carbonyl (C=O) groups is 3. The molecule has 0 aliphatic carbocycles. The highest BCUT2D eigenvalue weighted by Crippen LogP contribution is 2.26. The van der Waals surface area contributed by atoms with Crippen molar-refractivity contribution < 1.29 is 24.6 Å². The standard InChI is InChI=1S/C28H25NO5/c1-19(30)29-28(22-9-3-2-4-10-22)27(25(33)15-13-20-7-5-11-23(31)17-20)26(34)16-14-21-8-6-12-24(32)18-21/h2-18,27-28,31-32H,1H3,(H,29,30)/b15-13+,16-14+. The van der Waals surface area contributed by atoms with Gasteiger partial charge in [-0.25, -0.2) is 0 Å². The van der Waals surface area contributed by atoms with E-state index in [0.29, 0.717) is 16.7 Å². The molecule has 1 unspecified atom stereocenters. The summed E-state index contributed by atoms with van der Waals surface area (Å²) in [7, 11) is 0. The van der Waals surface area contributed by atoms with Gasteiger partial charge in [0.1, 0.15) is 17.4 Å². The summed E-state index contributed by atoms with van der Waals surface area (Å²) in [4.78, 5) is 38.6. The molecule has 3 N–H and O–H groups in total. The molecule has 3 aromatic carbocycles. The molecule has 6 nitrogen and oxygen atoms in total. The van der Waals surface area contributed by atoms with Crippen LogP contribution in [0.1, 0.15) is 29.7 Å². The number of hydrogen-bond acceptors (Lipinski definition) is 5. The molecule has 6 heteroatoms. The largest absolute Gasteiger partial charge is 0.508 e. The van der Waals surface area contributed by atoms with Gasteiger partial charge in [-0.15, -0.1) is 0 Å². The maximum Gasteiger partial charge on any atom is 0.217 e. The van der Waals surface area contributed by atoms with Crippen molar-refractivity contribution in [1.82, 2.24) is 5.32 Å². The number of phenolic OH excluding ortho intramolecular Hbond substituents is 2. The van der Waals surface area contributed by atoms with Gasteiger partial charge in [0.05, 0.1) is 6.04 Å². The molecule has 172 valence electrons. The van der Waals surface area contributed by atoms with Crippen LogP contribution in [-0.2, 0) is 14.4 Å². The molecule has 0 bridgehead atoms. The molecular formula is C28H25NO5. The van der Waals surface area contributed by atoms with Crippen LogP contribution in [0.5, 0.6) is 11.5 Å². The van der Waals surface area contributed by atoms with Gasteiger partial charge in [-0.05, 0) is 53.1 Å². The molecular weight excluding hydrogens is 430 g/mol. The van der Waals surface area contributed by atoms with Gasteiger partial charge in [0, 0.05) is 6.92 Å². The van der Waals surface area contributed by atoms with Crippen LogP contribution in [0.15, 0.2) is 91.0 Å². The first-order valence-electron chi connectivity index (χ1n) is 10.7. The number of carbonyl (C=O) groups excluding carboxylic acids is 3. The number of phenols is 2. The molecule has 1 amide bonds. The second-order valence-corrected chi connectivity index (χ2v) is 7.73. The number of rotatable bonds is 9. The van der Waals surface area contributed by atoms with Crippen LogP contribution in [0.25, 0.3) is 12.2 Å². The summed E-state index contributed by atoms with van der Waals surface area (Å²) in [6.45, 7) is 1.33. The van der Waals surface area contributed by atoms with Crippen LogP contribution in [0.3, 0.4) is 0 Å². The Morgan fingerprint density at radius 2 is 1.24 bits per heavy atom. The fourth-order valence-electron chi connectivity index (χ4n) is 3.53. The van der Waals surface area contributed by atoms with Crippen molar-refractivity contribution in [3.05, 3.63) is 108 Å². The fourth-order valence-corrected chi connectivity index (χ4v) is 3.53. The lowest BCUT2D eigenvalue weighted by Crippen LogP contribution is -2.39. The third-order valence-electron chi connectivity index (χ3n) is 5.08. The predicted octanol–water partition coefficient (Wildman–Crippen LogP) is 4.46. The molecule has 0 aromatic heterocycles. The van der Waals surface area contributed by atoms with E-state index in [1.54, 1.807) is 54.6 Å². The number of ketones is 2. The van der Waals surface area contributed by atoms with Crippen LogP contribution in [0.4, 0.5) is 0 Å². The minimum absolute atomic E-state index is 0.0525. The third kappa shape index (κ3) is 6.77. The van der Waals surface area contributed by atoms with E-state index >= 15 is 0 Å². The van der Waals surface area contributed by atoms with Crippen LogP contribution in [0, 0.1) is 5.92 Å². The van der Waals surface area contributed by atoms with Gasteiger partial charge < -0.3 is 15.5 Å². The Kier molecular flexibility index (Phi) is 8.13. The number of nitrogens with one attached hydrogen (secondary N) is 1. The van der Waals surface area contributed by atoms with E-state index in [9.17, 15) is 24.6 Å². The Labute approximate surface area is 197 Å². The van der Waals surface area contributed by atoms with Crippen LogP contribution in [0.2, 0.25) is 0 Å². The molecule has 0 spiro atoms. The van der Waals surface area contributed by atoms with Gasteiger partial charge in [-0.2, -0.15) is 0 Å². The molecule has 0 heterocycles. The molecule has 3 aromatic rings. The average molecular weight is 456 g/mol. The van der Waals surface area contributed by atoms with Gasteiger partial charge >= 0.3 is 0 Å². The van der Waals surface area contributed by atoms with Gasteiger partial charge in [-0.1, -0.05) is 66.7 Å². The van der Waals surface area contributed by atoms with Crippen molar-refractivity contribution in [1.29, 1.82) is 0 Å². The molecule has 0 radical (unpaired) electrons. The molecule has 0 aliphatic heterocycles. The summed E-state index contributed by atoms with van der Waals surface area (Å²) < 4.78 is 0. The van der Waals surface area contributed by atoms with Crippen molar-refractivity contribution in [2.24, 2.45) is 5.92 Å². The van der Waals surface area contributed by atoms with E-state index in [1.807, 2.05) is 0 Å². The first-order chi connectivity index (χ1) is 16.3. The second-order valence-electron chi connectivity index (χ2n) is 7.73. The maximum absolute atomic E-state index is 13.3. The van der Waals surface area contributed by atoms with Gasteiger partial charge in [0.15, 0.2) is 11.6 Å². The Bertz CT molecular complexity index is 1160. The summed E-state index contributed by atoms with van der Waals surface area (Å²) in [5.74, 6) is -2.51. The first-order valence-corrected chi connectivity index (χ1v) is 10.7. The SMILES string of the molecule is CC(=O)NC(c1ccccc1)C(C(=O)/C=C/c1cccc(O)c1)C(=O)/C=C/c1cccc(O)c1. The highest BCUT2D eigenvalue weighted by Gasteiger charge is 2.33. The van der Waals surface area contributed by atoms with Crippen LogP contribution < -0.4 is 5.32 Å². The number of allylic oxidation sites excluding steroid dienone is 2. The van der Waals surface area contributed by atoms with Crippen molar-refractivity contribution >= 4 is 29.6 Å². The monoisotopic (exact) mass is 455 g/mol. The average Bonchev–Trinajstić information content (AvgIpc) is 2.81. The van der Waals surface area contributed by atoms with E-state index in [1.165, 1.54) is 55.5 Å². The second kappa shape index (κ2) is 11.4. The summed E-state index contributed by atoms with van der Waals surface area (Å²) in [5, 5.41) is 22.1. The topological polar surface area (TPSA) is 104 Å². The molecule has 1 atom stereocenters. The van der Waals surface area contributed by atoms with Crippen LogP contribution >= 0.6 is 0 Å². The predicted molar refractivity (Wildman–Crippen MR) is 131 cm³/mol. The number of benzene rings is 3.